The fraction of sp³-hybridized carbons (Fsp3) is 0.583. The highest BCUT2D eigenvalue weighted by molar-refractivity contribution is 5.87. The molecule has 1 heterocycles. The maximum atomic E-state index is 11.3. The molecule has 1 fully saturated rings. The fourth-order valence-electron chi connectivity index (χ4n) is 2.12. The number of rotatable bonds is 4. The van der Waals surface area contributed by atoms with E-state index in [4.69, 9.17) is 0 Å². The number of carbonyl (C=O) groups excluding carboxylic acids is 1. The minimum absolute atomic E-state index is 0.154. The van der Waals surface area contributed by atoms with Crippen LogP contribution in [0, 0.1) is 0 Å². The van der Waals surface area contributed by atoms with Crippen LogP contribution in [0.2, 0.25) is 0 Å². The maximum absolute atomic E-state index is 11.3. The van der Waals surface area contributed by atoms with Crippen molar-refractivity contribution in [3.63, 3.8) is 0 Å². The molecule has 0 saturated heterocycles. The van der Waals surface area contributed by atoms with Crippen LogP contribution in [0.1, 0.15) is 36.2 Å². The molecule has 6 heteroatoms. The average Bonchev–Trinajstić information content (AvgIpc) is 2.83. The first-order valence-electron chi connectivity index (χ1n) is 6.00. The topological polar surface area (TPSA) is 84.3 Å². The molecule has 0 unspecified atom stereocenters. The Balaban J connectivity index is 1.99. The molecule has 0 spiro atoms. The first-order valence-corrected chi connectivity index (χ1v) is 6.00. The summed E-state index contributed by atoms with van der Waals surface area (Å²) in [6.07, 6.45) is 6.55. The van der Waals surface area contributed by atoms with E-state index in [1.165, 1.54) is 19.5 Å². The molecule has 0 bridgehead atoms. The summed E-state index contributed by atoms with van der Waals surface area (Å²) >= 11 is 0. The summed E-state index contributed by atoms with van der Waals surface area (Å²) in [6, 6.07) is 0. The number of anilines is 1. The zero-order valence-electron chi connectivity index (χ0n) is 10.3. The predicted molar refractivity (Wildman–Crippen MR) is 65.3 cm³/mol. The molecule has 0 aromatic carbocycles. The number of ether oxygens (including phenoxy) is 1. The van der Waals surface area contributed by atoms with Crippen molar-refractivity contribution >= 4 is 11.8 Å². The van der Waals surface area contributed by atoms with Gasteiger partial charge in [-0.05, 0) is 12.8 Å². The van der Waals surface area contributed by atoms with Gasteiger partial charge in [0.1, 0.15) is 5.82 Å². The lowest BCUT2D eigenvalue weighted by atomic mass is 10.0. The zero-order chi connectivity index (χ0) is 13.0. The highest BCUT2D eigenvalue weighted by Crippen LogP contribution is 2.29. The van der Waals surface area contributed by atoms with E-state index in [0.717, 1.165) is 25.7 Å². The molecule has 98 valence electrons. The van der Waals surface area contributed by atoms with Gasteiger partial charge in [0.25, 0.3) is 0 Å². The van der Waals surface area contributed by atoms with Crippen LogP contribution in [0.3, 0.4) is 0 Å². The summed E-state index contributed by atoms with van der Waals surface area (Å²) in [5.41, 5.74) is -0.510. The predicted octanol–water partition coefficient (Wildman–Crippen LogP) is 0.980. The summed E-state index contributed by atoms with van der Waals surface area (Å²) in [7, 11) is 1.30. The van der Waals surface area contributed by atoms with Crippen molar-refractivity contribution in [2.45, 2.75) is 31.3 Å². The van der Waals surface area contributed by atoms with E-state index in [1.54, 1.807) is 0 Å². The Morgan fingerprint density at radius 2 is 2.22 bits per heavy atom. The van der Waals surface area contributed by atoms with Gasteiger partial charge in [0.15, 0.2) is 5.69 Å². The molecule has 6 nitrogen and oxygen atoms in total. The van der Waals surface area contributed by atoms with Gasteiger partial charge in [0.2, 0.25) is 0 Å². The summed E-state index contributed by atoms with van der Waals surface area (Å²) in [6.45, 7) is 0.423. The maximum Gasteiger partial charge on any atom is 0.358 e. The number of nitrogens with one attached hydrogen (secondary N) is 1. The second-order valence-corrected chi connectivity index (χ2v) is 4.57. The van der Waals surface area contributed by atoms with E-state index >= 15 is 0 Å². The van der Waals surface area contributed by atoms with Gasteiger partial charge < -0.3 is 15.2 Å². The fourth-order valence-corrected chi connectivity index (χ4v) is 2.12. The lowest BCUT2D eigenvalue weighted by molar-refractivity contribution is 0.0593. The van der Waals surface area contributed by atoms with Crippen LogP contribution in [-0.4, -0.2) is 40.3 Å². The first-order chi connectivity index (χ1) is 8.63. The highest BCUT2D eigenvalue weighted by Gasteiger charge is 2.30. The lowest BCUT2D eigenvalue weighted by Gasteiger charge is -2.22. The van der Waals surface area contributed by atoms with Crippen LogP contribution < -0.4 is 5.32 Å². The van der Waals surface area contributed by atoms with Gasteiger partial charge in [-0.2, -0.15) is 0 Å². The van der Waals surface area contributed by atoms with Gasteiger partial charge >= 0.3 is 5.97 Å². The first kappa shape index (κ1) is 12.8. The summed E-state index contributed by atoms with van der Waals surface area (Å²) in [4.78, 5) is 19.3. The molecule has 0 radical (unpaired) electrons. The minimum atomic E-state index is -0.664. The zero-order valence-corrected chi connectivity index (χ0v) is 10.3. The monoisotopic (exact) mass is 251 g/mol. The van der Waals surface area contributed by atoms with Crippen LogP contribution in [0.4, 0.5) is 5.82 Å². The third-order valence-electron chi connectivity index (χ3n) is 3.16. The number of aliphatic hydroxyl groups is 1. The van der Waals surface area contributed by atoms with Gasteiger partial charge in [-0.3, -0.25) is 4.98 Å². The van der Waals surface area contributed by atoms with E-state index in [-0.39, 0.29) is 5.69 Å². The molecule has 2 rings (SSSR count). The third-order valence-corrected chi connectivity index (χ3v) is 3.16. The third kappa shape index (κ3) is 2.95. The molecular weight excluding hydrogens is 234 g/mol. The number of hydrogen-bond donors (Lipinski definition) is 2. The number of aromatic nitrogens is 2. The minimum Gasteiger partial charge on any atom is -0.464 e. The van der Waals surface area contributed by atoms with Crippen LogP contribution in [-0.2, 0) is 4.74 Å². The van der Waals surface area contributed by atoms with Crippen molar-refractivity contribution < 1.29 is 14.6 Å². The Kier molecular flexibility index (Phi) is 3.76. The summed E-state index contributed by atoms with van der Waals surface area (Å²) in [5, 5.41) is 13.2. The van der Waals surface area contributed by atoms with E-state index in [9.17, 15) is 9.90 Å². The van der Waals surface area contributed by atoms with Gasteiger partial charge in [-0.15, -0.1) is 0 Å². The van der Waals surface area contributed by atoms with E-state index < -0.39 is 11.6 Å². The van der Waals surface area contributed by atoms with Crippen LogP contribution in [0.25, 0.3) is 0 Å². The summed E-state index contributed by atoms with van der Waals surface area (Å²) < 4.78 is 4.57. The molecule has 0 atom stereocenters. The Labute approximate surface area is 105 Å². The SMILES string of the molecule is COC(=O)c1cncc(NCC2(O)CCCC2)n1. The van der Waals surface area contributed by atoms with Crippen molar-refractivity contribution in [1.82, 2.24) is 9.97 Å². The largest absolute Gasteiger partial charge is 0.464 e. The quantitative estimate of drug-likeness (QED) is 0.776. The van der Waals surface area contributed by atoms with E-state index in [1.807, 2.05) is 0 Å². The molecule has 1 aliphatic rings. The highest BCUT2D eigenvalue weighted by atomic mass is 16.5. The Bertz CT molecular complexity index is 430. The standard InChI is InChI=1S/C12H17N3O3/c1-18-11(16)9-6-13-7-10(15-9)14-8-12(17)4-2-3-5-12/h6-7,17H,2-5,8H2,1H3,(H,14,15). The molecule has 0 amide bonds. The summed E-state index contributed by atoms with van der Waals surface area (Å²) in [5.74, 6) is -0.0519. The molecule has 1 aromatic heterocycles. The Morgan fingerprint density at radius 1 is 1.50 bits per heavy atom. The van der Waals surface area contributed by atoms with Crippen LogP contribution in [0.5, 0.6) is 0 Å². The van der Waals surface area contributed by atoms with Gasteiger partial charge in [-0.25, -0.2) is 9.78 Å². The Morgan fingerprint density at radius 3 is 2.89 bits per heavy atom. The molecule has 2 N–H and O–H groups in total. The van der Waals surface area contributed by atoms with Crippen LogP contribution in [0.15, 0.2) is 12.4 Å². The lowest BCUT2D eigenvalue weighted by Crippen LogP contribution is -2.33. The Hall–Kier alpha value is -1.69. The molecule has 0 aliphatic heterocycles. The number of methoxy groups -OCH3 is 1. The van der Waals surface area contributed by atoms with Crippen LogP contribution >= 0.6 is 0 Å². The van der Waals surface area contributed by atoms with Gasteiger partial charge in [-0.1, -0.05) is 12.8 Å². The number of hydrogen-bond acceptors (Lipinski definition) is 6. The van der Waals surface area contributed by atoms with Crippen molar-refractivity contribution in [1.29, 1.82) is 0 Å². The van der Waals surface area contributed by atoms with Gasteiger partial charge in [0, 0.05) is 6.54 Å². The molecule has 1 aliphatic carbocycles. The van der Waals surface area contributed by atoms with Crippen molar-refractivity contribution in [3.05, 3.63) is 18.1 Å². The van der Waals surface area contributed by atoms with Crippen molar-refractivity contribution in [3.8, 4) is 0 Å². The number of esters is 1. The van der Waals surface area contributed by atoms with E-state index in [2.05, 4.69) is 20.0 Å². The van der Waals surface area contributed by atoms with E-state index in [0.29, 0.717) is 12.4 Å². The van der Waals surface area contributed by atoms with Crippen molar-refractivity contribution in [2.24, 2.45) is 0 Å². The average molecular weight is 251 g/mol. The smallest absolute Gasteiger partial charge is 0.358 e. The van der Waals surface area contributed by atoms with Crippen molar-refractivity contribution in [2.75, 3.05) is 19.0 Å². The molecule has 1 saturated carbocycles. The second-order valence-electron chi connectivity index (χ2n) is 4.57. The molecular formula is C12H17N3O3. The number of carbonyl (C=O) groups is 1. The molecule has 18 heavy (non-hydrogen) atoms. The second kappa shape index (κ2) is 5.30. The van der Waals surface area contributed by atoms with Gasteiger partial charge in [0.05, 0.1) is 25.1 Å². The molecule has 1 aromatic rings. The number of nitrogens with zero attached hydrogens (tertiary/aromatic N) is 2. The normalized spacial score (nSPS) is 17.4.